The van der Waals surface area contributed by atoms with Gasteiger partial charge < -0.3 is 19.9 Å². The van der Waals surface area contributed by atoms with Gasteiger partial charge in [-0.15, -0.1) is 0 Å². The number of carbonyl (C=O) groups is 3. The second-order valence-electron chi connectivity index (χ2n) is 7.11. The van der Waals surface area contributed by atoms with Crippen molar-refractivity contribution in [1.29, 1.82) is 0 Å². The molecule has 3 rings (SSSR count). The van der Waals surface area contributed by atoms with Crippen LogP contribution < -0.4 is 15.0 Å². The van der Waals surface area contributed by atoms with Crippen molar-refractivity contribution in [2.45, 2.75) is 44.6 Å². The molecule has 0 aromatic heterocycles. The number of nitrogens with zero attached hydrogens (tertiary/aromatic N) is 2. The molecule has 1 heterocycles. The number of hydrogen-bond donors (Lipinski definition) is 1. The zero-order valence-electron chi connectivity index (χ0n) is 15.8. The summed E-state index contributed by atoms with van der Waals surface area (Å²) in [6, 6.07) is 7.55. The first-order valence-electron chi connectivity index (χ1n) is 9.58. The highest BCUT2D eigenvalue weighted by atomic mass is 16.5. The van der Waals surface area contributed by atoms with Gasteiger partial charge >= 0.3 is 0 Å². The van der Waals surface area contributed by atoms with E-state index < -0.39 is 0 Å². The summed E-state index contributed by atoms with van der Waals surface area (Å²) >= 11 is 0. The molecule has 2 aliphatic rings. The van der Waals surface area contributed by atoms with Crippen LogP contribution in [0.5, 0.6) is 5.75 Å². The van der Waals surface area contributed by atoms with E-state index in [1.807, 2.05) is 24.3 Å². The summed E-state index contributed by atoms with van der Waals surface area (Å²) < 4.78 is 5.13. The van der Waals surface area contributed by atoms with Crippen molar-refractivity contribution in [2.24, 2.45) is 0 Å². The topological polar surface area (TPSA) is 79.0 Å². The van der Waals surface area contributed by atoms with Gasteiger partial charge in [0, 0.05) is 37.7 Å². The minimum atomic E-state index is -0.140. The molecule has 2 fully saturated rings. The Labute approximate surface area is 159 Å². The fourth-order valence-corrected chi connectivity index (χ4v) is 3.67. The molecule has 1 aromatic carbocycles. The third kappa shape index (κ3) is 4.99. The maximum Gasteiger partial charge on any atom is 0.246 e. The Morgan fingerprint density at radius 3 is 2.44 bits per heavy atom. The van der Waals surface area contributed by atoms with Gasteiger partial charge in [0.25, 0.3) is 0 Å². The van der Waals surface area contributed by atoms with E-state index >= 15 is 0 Å². The molecule has 0 spiro atoms. The Bertz CT molecular complexity index is 683. The molecular weight excluding hydrogens is 346 g/mol. The van der Waals surface area contributed by atoms with Crippen molar-refractivity contribution in [2.75, 3.05) is 31.6 Å². The highest BCUT2D eigenvalue weighted by Crippen LogP contribution is 2.21. The van der Waals surface area contributed by atoms with Crippen molar-refractivity contribution < 1.29 is 19.1 Å². The van der Waals surface area contributed by atoms with Gasteiger partial charge in [0.2, 0.25) is 17.7 Å². The first-order valence-corrected chi connectivity index (χ1v) is 9.58. The monoisotopic (exact) mass is 373 g/mol. The number of nitrogens with one attached hydrogen (secondary N) is 1. The Hall–Kier alpha value is -2.57. The van der Waals surface area contributed by atoms with Gasteiger partial charge in [-0.25, -0.2) is 0 Å². The van der Waals surface area contributed by atoms with Crippen LogP contribution in [0.2, 0.25) is 0 Å². The van der Waals surface area contributed by atoms with Gasteiger partial charge in [-0.2, -0.15) is 0 Å². The number of hydrogen-bond acceptors (Lipinski definition) is 4. The fraction of sp³-hybridized carbons (Fsp3) is 0.550. The van der Waals surface area contributed by atoms with Crippen molar-refractivity contribution in [3.63, 3.8) is 0 Å². The molecule has 0 radical (unpaired) electrons. The van der Waals surface area contributed by atoms with E-state index in [0.717, 1.165) is 37.1 Å². The van der Waals surface area contributed by atoms with E-state index in [4.69, 9.17) is 4.74 Å². The van der Waals surface area contributed by atoms with Crippen LogP contribution in [0.25, 0.3) is 0 Å². The van der Waals surface area contributed by atoms with Crippen LogP contribution in [0, 0.1) is 0 Å². The maximum atomic E-state index is 12.5. The van der Waals surface area contributed by atoms with Crippen LogP contribution in [-0.4, -0.2) is 55.4 Å². The standard InChI is InChI=1S/C20H27N3O4/c1-27-17-8-6-16(7-9-17)23-13-12-22(14-20(23)26)19(25)11-10-18(24)21-15-4-2-3-5-15/h6-9,15H,2-5,10-14H2,1H3,(H,21,24). The summed E-state index contributed by atoms with van der Waals surface area (Å²) in [6.07, 6.45) is 4.70. The lowest BCUT2D eigenvalue weighted by Crippen LogP contribution is -2.52. The molecule has 146 valence electrons. The number of piperazine rings is 1. The van der Waals surface area contributed by atoms with Crippen molar-refractivity contribution in [3.05, 3.63) is 24.3 Å². The molecule has 1 aromatic rings. The Balaban J connectivity index is 1.45. The highest BCUT2D eigenvalue weighted by molar-refractivity contribution is 5.98. The van der Waals surface area contributed by atoms with Crippen molar-refractivity contribution in [3.8, 4) is 5.75 Å². The zero-order chi connectivity index (χ0) is 19.2. The predicted octanol–water partition coefficient (Wildman–Crippen LogP) is 1.71. The number of carbonyl (C=O) groups excluding carboxylic acids is 3. The lowest BCUT2D eigenvalue weighted by atomic mass is 10.2. The van der Waals surface area contributed by atoms with Gasteiger partial charge in [-0.3, -0.25) is 14.4 Å². The smallest absolute Gasteiger partial charge is 0.246 e. The van der Waals surface area contributed by atoms with Gasteiger partial charge in [0.15, 0.2) is 0 Å². The Morgan fingerprint density at radius 1 is 1.11 bits per heavy atom. The quantitative estimate of drug-likeness (QED) is 0.823. The van der Waals surface area contributed by atoms with Crippen LogP contribution in [-0.2, 0) is 14.4 Å². The lowest BCUT2D eigenvalue weighted by molar-refractivity contribution is -0.138. The first kappa shape index (κ1) is 19.2. The molecule has 0 unspecified atom stereocenters. The molecule has 1 saturated carbocycles. The minimum absolute atomic E-state index is 0.0507. The van der Waals surface area contributed by atoms with E-state index in [1.165, 1.54) is 0 Å². The summed E-state index contributed by atoms with van der Waals surface area (Å²) in [5, 5.41) is 2.99. The van der Waals surface area contributed by atoms with E-state index in [1.54, 1.807) is 16.9 Å². The third-order valence-corrected chi connectivity index (χ3v) is 5.24. The van der Waals surface area contributed by atoms with Crippen LogP contribution in [0.1, 0.15) is 38.5 Å². The summed E-state index contributed by atoms with van der Waals surface area (Å²) in [7, 11) is 1.60. The molecule has 7 heteroatoms. The van der Waals surface area contributed by atoms with Gasteiger partial charge in [0.05, 0.1) is 7.11 Å². The molecular formula is C20H27N3O4. The molecule has 1 aliphatic carbocycles. The van der Waals surface area contributed by atoms with Crippen LogP contribution in [0.3, 0.4) is 0 Å². The number of rotatable bonds is 6. The van der Waals surface area contributed by atoms with Gasteiger partial charge in [-0.05, 0) is 37.1 Å². The predicted molar refractivity (Wildman–Crippen MR) is 102 cm³/mol. The minimum Gasteiger partial charge on any atom is -0.497 e. The number of ether oxygens (including phenoxy) is 1. The first-order chi connectivity index (χ1) is 13.1. The average molecular weight is 373 g/mol. The normalized spacial score (nSPS) is 17.9. The molecule has 0 bridgehead atoms. The second-order valence-corrected chi connectivity index (χ2v) is 7.11. The number of amides is 3. The summed E-state index contributed by atoms with van der Waals surface area (Å²) in [5.74, 6) is 0.406. The average Bonchev–Trinajstić information content (AvgIpc) is 3.19. The van der Waals surface area contributed by atoms with Crippen LogP contribution >= 0.6 is 0 Å². The number of anilines is 1. The molecule has 1 N–H and O–H groups in total. The second kappa shape index (κ2) is 8.88. The summed E-state index contributed by atoms with van der Waals surface area (Å²) in [6.45, 7) is 0.973. The van der Waals surface area contributed by atoms with E-state index in [2.05, 4.69) is 5.32 Å². The zero-order valence-corrected chi connectivity index (χ0v) is 15.8. The molecule has 7 nitrogen and oxygen atoms in total. The fourth-order valence-electron chi connectivity index (χ4n) is 3.67. The number of methoxy groups -OCH3 is 1. The molecule has 3 amide bonds. The molecule has 0 atom stereocenters. The van der Waals surface area contributed by atoms with Gasteiger partial charge in [-0.1, -0.05) is 12.8 Å². The van der Waals surface area contributed by atoms with Crippen LogP contribution in [0.15, 0.2) is 24.3 Å². The van der Waals surface area contributed by atoms with E-state index in [9.17, 15) is 14.4 Å². The molecule has 27 heavy (non-hydrogen) atoms. The lowest BCUT2D eigenvalue weighted by Gasteiger charge is -2.34. The Morgan fingerprint density at radius 2 is 1.81 bits per heavy atom. The molecule has 1 saturated heterocycles. The van der Waals surface area contributed by atoms with E-state index in [0.29, 0.717) is 13.1 Å². The van der Waals surface area contributed by atoms with Crippen molar-refractivity contribution in [1.82, 2.24) is 10.2 Å². The SMILES string of the molecule is COc1ccc(N2CCN(C(=O)CCC(=O)NC3CCCC3)CC2=O)cc1. The Kier molecular flexibility index (Phi) is 6.32. The molecule has 1 aliphatic heterocycles. The third-order valence-electron chi connectivity index (χ3n) is 5.24. The maximum absolute atomic E-state index is 12.5. The summed E-state index contributed by atoms with van der Waals surface area (Å²) in [4.78, 5) is 40.0. The van der Waals surface area contributed by atoms with Crippen LogP contribution in [0.4, 0.5) is 5.69 Å². The summed E-state index contributed by atoms with van der Waals surface area (Å²) in [5.41, 5.74) is 0.795. The van der Waals surface area contributed by atoms with E-state index in [-0.39, 0.29) is 43.1 Å². The van der Waals surface area contributed by atoms with Gasteiger partial charge in [0.1, 0.15) is 12.3 Å². The highest BCUT2D eigenvalue weighted by Gasteiger charge is 2.28. The number of benzene rings is 1. The van der Waals surface area contributed by atoms with Crippen molar-refractivity contribution >= 4 is 23.4 Å². The largest absolute Gasteiger partial charge is 0.497 e.